The molecule has 0 spiro atoms. The van der Waals surface area contributed by atoms with E-state index in [1.54, 1.807) is 11.3 Å². The zero-order valence-electron chi connectivity index (χ0n) is 12.0. The number of benzene rings is 1. The van der Waals surface area contributed by atoms with E-state index in [0.717, 1.165) is 30.8 Å². The summed E-state index contributed by atoms with van der Waals surface area (Å²) in [5, 5.41) is 1.17. The van der Waals surface area contributed by atoms with E-state index in [4.69, 9.17) is 5.73 Å². The molecule has 3 nitrogen and oxygen atoms in total. The number of thiophene rings is 1. The summed E-state index contributed by atoms with van der Waals surface area (Å²) in [6.45, 7) is 1.82. The summed E-state index contributed by atoms with van der Waals surface area (Å²) in [5.41, 5.74) is 6.07. The highest BCUT2D eigenvalue weighted by Crippen LogP contribution is 2.37. The molecule has 1 aliphatic heterocycles. The molecule has 1 aromatic heterocycles. The van der Waals surface area contributed by atoms with E-state index in [2.05, 4.69) is 17.0 Å². The molecule has 0 radical (unpaired) electrons. The fraction of sp³-hybridized carbons (Fsp3) is 0.471. The molecule has 4 heteroatoms. The van der Waals surface area contributed by atoms with Crippen molar-refractivity contribution in [1.29, 1.82) is 0 Å². The van der Waals surface area contributed by atoms with Gasteiger partial charge in [-0.1, -0.05) is 18.2 Å². The van der Waals surface area contributed by atoms with Gasteiger partial charge in [0.2, 0.25) is 0 Å². The van der Waals surface area contributed by atoms with E-state index < -0.39 is 0 Å². The Morgan fingerprint density at radius 3 is 2.86 bits per heavy atom. The number of carbonyl (C=O) groups is 1. The molecule has 3 atom stereocenters. The first-order valence-electron chi connectivity index (χ1n) is 7.74. The molecule has 2 aromatic rings. The predicted octanol–water partition coefficient (Wildman–Crippen LogP) is 3.10. The molecular weight excluding hydrogens is 280 g/mol. The van der Waals surface area contributed by atoms with Crippen LogP contribution in [0.5, 0.6) is 0 Å². The average Bonchev–Trinajstić information content (AvgIpc) is 3.09. The maximum atomic E-state index is 12.7. The molecule has 1 saturated carbocycles. The van der Waals surface area contributed by atoms with Gasteiger partial charge in [-0.15, -0.1) is 11.3 Å². The van der Waals surface area contributed by atoms with Crippen molar-refractivity contribution in [3.05, 3.63) is 35.2 Å². The van der Waals surface area contributed by atoms with Crippen LogP contribution in [0.1, 0.15) is 28.9 Å². The van der Waals surface area contributed by atoms with E-state index in [1.165, 1.54) is 16.5 Å². The standard InChI is InChI=1S/C17H20N2OS/c18-14-6-5-12-9-19(10-13(12)7-14)17(20)16-8-11-3-1-2-4-15(11)21-16/h1-4,8,12-14H,5-7,9-10,18H2/t12-,13+,14?/m1/s1. The highest BCUT2D eigenvalue weighted by Gasteiger charge is 2.38. The lowest BCUT2D eigenvalue weighted by Crippen LogP contribution is -2.32. The van der Waals surface area contributed by atoms with Crippen molar-refractivity contribution in [2.45, 2.75) is 25.3 Å². The first-order valence-corrected chi connectivity index (χ1v) is 8.56. The lowest BCUT2D eigenvalue weighted by Gasteiger charge is -2.27. The van der Waals surface area contributed by atoms with Crippen LogP contribution in [0.25, 0.3) is 10.1 Å². The average molecular weight is 300 g/mol. The van der Waals surface area contributed by atoms with Gasteiger partial charge in [-0.2, -0.15) is 0 Å². The topological polar surface area (TPSA) is 46.3 Å². The van der Waals surface area contributed by atoms with Gasteiger partial charge in [-0.05, 0) is 48.6 Å². The van der Waals surface area contributed by atoms with Gasteiger partial charge >= 0.3 is 0 Å². The van der Waals surface area contributed by atoms with Crippen molar-refractivity contribution < 1.29 is 4.79 Å². The first kappa shape index (κ1) is 13.3. The van der Waals surface area contributed by atoms with Crippen molar-refractivity contribution in [3.8, 4) is 0 Å². The number of carbonyl (C=O) groups excluding carboxylic acids is 1. The quantitative estimate of drug-likeness (QED) is 0.879. The third kappa shape index (κ3) is 2.36. The van der Waals surface area contributed by atoms with Crippen LogP contribution < -0.4 is 5.73 Å². The van der Waals surface area contributed by atoms with E-state index in [0.29, 0.717) is 17.9 Å². The van der Waals surface area contributed by atoms with Crippen LogP contribution in [0.3, 0.4) is 0 Å². The molecule has 1 amide bonds. The molecule has 2 aliphatic rings. The first-order chi connectivity index (χ1) is 10.2. The Morgan fingerprint density at radius 2 is 2.00 bits per heavy atom. The molecule has 2 heterocycles. The maximum Gasteiger partial charge on any atom is 0.263 e. The second kappa shape index (κ2) is 5.11. The van der Waals surface area contributed by atoms with Gasteiger partial charge in [0.1, 0.15) is 0 Å². The number of hydrogen-bond acceptors (Lipinski definition) is 3. The van der Waals surface area contributed by atoms with Crippen LogP contribution in [-0.4, -0.2) is 29.9 Å². The highest BCUT2D eigenvalue weighted by molar-refractivity contribution is 7.20. The Labute approximate surface area is 128 Å². The number of nitrogens with zero attached hydrogens (tertiary/aromatic N) is 1. The van der Waals surface area contributed by atoms with Crippen molar-refractivity contribution in [2.24, 2.45) is 17.6 Å². The molecule has 2 N–H and O–H groups in total. The van der Waals surface area contributed by atoms with Gasteiger partial charge in [0.05, 0.1) is 4.88 Å². The largest absolute Gasteiger partial charge is 0.337 e. The van der Waals surface area contributed by atoms with Crippen molar-refractivity contribution >= 4 is 27.3 Å². The fourth-order valence-electron chi connectivity index (χ4n) is 3.88. The summed E-state index contributed by atoms with van der Waals surface area (Å²) in [4.78, 5) is 15.7. The lowest BCUT2D eigenvalue weighted by molar-refractivity contribution is 0.0789. The molecular formula is C17H20N2OS. The summed E-state index contributed by atoms with van der Waals surface area (Å²) in [6, 6.07) is 10.6. The Bertz CT molecular complexity index is 647. The smallest absolute Gasteiger partial charge is 0.263 e. The number of likely N-dealkylation sites (tertiary alicyclic amines) is 1. The minimum atomic E-state index is 0.208. The summed E-state index contributed by atoms with van der Waals surface area (Å²) >= 11 is 1.61. The normalized spacial score (nSPS) is 28.8. The minimum Gasteiger partial charge on any atom is -0.337 e. The van der Waals surface area contributed by atoms with Gasteiger partial charge in [0, 0.05) is 23.8 Å². The third-order valence-electron chi connectivity index (χ3n) is 5.01. The zero-order chi connectivity index (χ0) is 14.4. The Kier molecular flexibility index (Phi) is 3.23. The third-order valence-corrected chi connectivity index (χ3v) is 6.12. The second-order valence-electron chi connectivity index (χ2n) is 6.45. The van der Waals surface area contributed by atoms with Gasteiger partial charge in [-0.3, -0.25) is 4.79 Å². The summed E-state index contributed by atoms with van der Waals surface area (Å²) in [6.07, 6.45) is 3.38. The van der Waals surface area contributed by atoms with E-state index in [9.17, 15) is 4.79 Å². The van der Waals surface area contributed by atoms with Crippen LogP contribution in [0.4, 0.5) is 0 Å². The Morgan fingerprint density at radius 1 is 1.19 bits per heavy atom. The van der Waals surface area contributed by atoms with Crippen LogP contribution in [0.15, 0.2) is 30.3 Å². The molecule has 1 aliphatic carbocycles. The molecule has 2 fully saturated rings. The van der Waals surface area contributed by atoms with Crippen LogP contribution in [0.2, 0.25) is 0 Å². The number of rotatable bonds is 1. The maximum absolute atomic E-state index is 12.7. The molecule has 0 bridgehead atoms. The fourth-order valence-corrected chi connectivity index (χ4v) is 4.91. The van der Waals surface area contributed by atoms with Crippen LogP contribution in [-0.2, 0) is 0 Å². The minimum absolute atomic E-state index is 0.208. The van der Waals surface area contributed by atoms with Crippen molar-refractivity contribution in [3.63, 3.8) is 0 Å². The van der Waals surface area contributed by atoms with Crippen LogP contribution >= 0.6 is 11.3 Å². The van der Waals surface area contributed by atoms with Crippen LogP contribution in [0, 0.1) is 11.8 Å². The number of nitrogens with two attached hydrogens (primary N) is 1. The van der Waals surface area contributed by atoms with E-state index >= 15 is 0 Å². The number of fused-ring (bicyclic) bond motifs is 2. The molecule has 4 rings (SSSR count). The second-order valence-corrected chi connectivity index (χ2v) is 7.54. The summed E-state index contributed by atoms with van der Waals surface area (Å²) in [7, 11) is 0. The molecule has 21 heavy (non-hydrogen) atoms. The van der Waals surface area contributed by atoms with Crippen molar-refractivity contribution in [2.75, 3.05) is 13.1 Å². The summed E-state index contributed by atoms with van der Waals surface area (Å²) in [5.74, 6) is 1.49. The molecule has 1 saturated heterocycles. The molecule has 1 unspecified atom stereocenters. The highest BCUT2D eigenvalue weighted by atomic mass is 32.1. The van der Waals surface area contributed by atoms with Gasteiger partial charge < -0.3 is 10.6 Å². The summed E-state index contributed by atoms with van der Waals surface area (Å²) < 4.78 is 1.19. The molecule has 1 aromatic carbocycles. The predicted molar refractivity (Wildman–Crippen MR) is 86.5 cm³/mol. The molecule has 110 valence electrons. The zero-order valence-corrected chi connectivity index (χ0v) is 12.8. The van der Waals surface area contributed by atoms with Gasteiger partial charge in [-0.25, -0.2) is 0 Å². The Hall–Kier alpha value is -1.39. The monoisotopic (exact) mass is 300 g/mol. The van der Waals surface area contributed by atoms with Gasteiger partial charge in [0.15, 0.2) is 0 Å². The number of hydrogen-bond donors (Lipinski definition) is 1. The SMILES string of the molecule is NC1CC[C@@H]2CN(C(=O)c3cc4ccccc4s3)C[C@@H]2C1. The van der Waals surface area contributed by atoms with E-state index in [-0.39, 0.29) is 5.91 Å². The lowest BCUT2D eigenvalue weighted by atomic mass is 9.79. The Balaban J connectivity index is 1.55. The van der Waals surface area contributed by atoms with Gasteiger partial charge in [0.25, 0.3) is 5.91 Å². The number of amides is 1. The van der Waals surface area contributed by atoms with Crippen molar-refractivity contribution in [1.82, 2.24) is 4.90 Å². The van der Waals surface area contributed by atoms with E-state index in [1.807, 2.05) is 18.2 Å².